The maximum absolute atomic E-state index is 5.87. The smallest absolute Gasteiger partial charge is 0.224 e. The summed E-state index contributed by atoms with van der Waals surface area (Å²) in [6, 6.07) is 1.76. The minimum Gasteiger partial charge on any atom is -0.354 e. The van der Waals surface area contributed by atoms with Gasteiger partial charge in [0.15, 0.2) is 0 Å². The summed E-state index contributed by atoms with van der Waals surface area (Å²) in [5.41, 5.74) is 0.893. The van der Waals surface area contributed by atoms with E-state index >= 15 is 0 Å². The largest absolute Gasteiger partial charge is 0.354 e. The maximum atomic E-state index is 5.87. The van der Waals surface area contributed by atoms with Crippen LogP contribution in [0.5, 0.6) is 0 Å². The average Bonchev–Trinajstić information content (AvgIpc) is 2.27. The van der Waals surface area contributed by atoms with Crippen LogP contribution in [0.2, 0.25) is 5.15 Å². The summed E-state index contributed by atoms with van der Waals surface area (Å²) in [4.78, 5) is 8.43. The summed E-state index contributed by atoms with van der Waals surface area (Å²) in [7, 11) is 0. The number of hydrogen-bond acceptors (Lipinski definition) is 4. The fourth-order valence-electron chi connectivity index (χ4n) is 1.94. The molecule has 1 saturated heterocycles. The maximum Gasteiger partial charge on any atom is 0.224 e. The predicted molar refractivity (Wildman–Crippen MR) is 65.9 cm³/mol. The van der Waals surface area contributed by atoms with Gasteiger partial charge in [0.25, 0.3) is 0 Å². The van der Waals surface area contributed by atoms with E-state index in [-0.39, 0.29) is 0 Å². The number of halogens is 1. The molecule has 0 radical (unpaired) electrons. The van der Waals surface area contributed by atoms with Gasteiger partial charge in [0.1, 0.15) is 5.15 Å². The Morgan fingerprint density at radius 1 is 1.56 bits per heavy atom. The van der Waals surface area contributed by atoms with Crippen molar-refractivity contribution in [1.82, 2.24) is 15.3 Å². The van der Waals surface area contributed by atoms with E-state index < -0.39 is 0 Å². The molecule has 0 amide bonds. The SMILES string of the molecule is Cc1cc(Cl)nc(NC[C@H]2CCCNC2)n1. The number of nitrogens with zero attached hydrogens (tertiary/aromatic N) is 2. The molecule has 4 nitrogen and oxygen atoms in total. The van der Waals surface area contributed by atoms with E-state index in [4.69, 9.17) is 11.6 Å². The van der Waals surface area contributed by atoms with Crippen molar-refractivity contribution in [2.45, 2.75) is 19.8 Å². The number of hydrogen-bond donors (Lipinski definition) is 2. The number of anilines is 1. The Labute approximate surface area is 101 Å². The van der Waals surface area contributed by atoms with E-state index in [2.05, 4.69) is 20.6 Å². The molecule has 0 spiro atoms. The fraction of sp³-hybridized carbons (Fsp3) is 0.636. The van der Waals surface area contributed by atoms with Crippen LogP contribution in [0.15, 0.2) is 6.07 Å². The Morgan fingerprint density at radius 2 is 2.44 bits per heavy atom. The quantitative estimate of drug-likeness (QED) is 0.792. The first-order valence-electron chi connectivity index (χ1n) is 5.70. The summed E-state index contributed by atoms with van der Waals surface area (Å²) < 4.78 is 0. The lowest BCUT2D eigenvalue weighted by Crippen LogP contribution is -2.33. The van der Waals surface area contributed by atoms with E-state index in [1.807, 2.05) is 6.92 Å². The molecule has 0 aromatic carbocycles. The van der Waals surface area contributed by atoms with Gasteiger partial charge in [-0.3, -0.25) is 0 Å². The van der Waals surface area contributed by atoms with Gasteiger partial charge in [-0.25, -0.2) is 9.97 Å². The fourth-order valence-corrected chi connectivity index (χ4v) is 2.18. The van der Waals surface area contributed by atoms with Crippen LogP contribution in [0, 0.1) is 12.8 Å². The molecule has 0 bridgehead atoms. The Hall–Kier alpha value is -0.870. The van der Waals surface area contributed by atoms with Gasteiger partial charge in [0.2, 0.25) is 5.95 Å². The molecular formula is C11H17ClN4. The molecule has 0 saturated carbocycles. The van der Waals surface area contributed by atoms with Gasteiger partial charge in [0, 0.05) is 12.2 Å². The van der Waals surface area contributed by atoms with Crippen LogP contribution >= 0.6 is 11.6 Å². The van der Waals surface area contributed by atoms with Crippen LogP contribution in [0.1, 0.15) is 18.5 Å². The van der Waals surface area contributed by atoms with Gasteiger partial charge in [-0.05, 0) is 44.8 Å². The van der Waals surface area contributed by atoms with E-state index in [9.17, 15) is 0 Å². The molecule has 2 rings (SSSR count). The average molecular weight is 241 g/mol. The first-order valence-corrected chi connectivity index (χ1v) is 6.07. The van der Waals surface area contributed by atoms with Gasteiger partial charge >= 0.3 is 0 Å². The van der Waals surface area contributed by atoms with Crippen molar-refractivity contribution in [2.75, 3.05) is 25.0 Å². The Balaban J connectivity index is 1.88. The predicted octanol–water partition coefficient (Wildman–Crippen LogP) is 1.85. The van der Waals surface area contributed by atoms with Crippen molar-refractivity contribution in [1.29, 1.82) is 0 Å². The monoisotopic (exact) mass is 240 g/mol. The highest BCUT2D eigenvalue weighted by Crippen LogP contribution is 2.13. The van der Waals surface area contributed by atoms with Crippen LogP contribution in [0.25, 0.3) is 0 Å². The van der Waals surface area contributed by atoms with Gasteiger partial charge in [-0.1, -0.05) is 11.6 Å². The lowest BCUT2D eigenvalue weighted by molar-refractivity contribution is 0.392. The molecule has 1 atom stereocenters. The molecule has 0 unspecified atom stereocenters. The second-order valence-corrected chi connectivity index (χ2v) is 4.64. The summed E-state index contributed by atoms with van der Waals surface area (Å²) >= 11 is 5.87. The zero-order valence-electron chi connectivity index (χ0n) is 9.46. The Bertz CT molecular complexity index is 330. The van der Waals surface area contributed by atoms with E-state index in [1.165, 1.54) is 12.8 Å². The van der Waals surface area contributed by atoms with Crippen LogP contribution in [-0.2, 0) is 0 Å². The van der Waals surface area contributed by atoms with Crippen molar-refractivity contribution in [3.63, 3.8) is 0 Å². The molecule has 2 N–H and O–H groups in total. The third-order valence-corrected chi connectivity index (χ3v) is 2.96. The molecule has 16 heavy (non-hydrogen) atoms. The zero-order valence-corrected chi connectivity index (χ0v) is 10.2. The second-order valence-electron chi connectivity index (χ2n) is 4.25. The number of aryl methyl sites for hydroxylation is 1. The second kappa shape index (κ2) is 5.46. The van der Waals surface area contributed by atoms with Gasteiger partial charge < -0.3 is 10.6 Å². The van der Waals surface area contributed by atoms with E-state index in [0.29, 0.717) is 17.0 Å². The lowest BCUT2D eigenvalue weighted by atomic mass is 10.00. The van der Waals surface area contributed by atoms with Crippen molar-refractivity contribution in [3.8, 4) is 0 Å². The van der Waals surface area contributed by atoms with Crippen LogP contribution in [-0.4, -0.2) is 29.6 Å². The standard InChI is InChI=1S/C11H17ClN4/c1-8-5-10(12)16-11(15-8)14-7-9-3-2-4-13-6-9/h5,9,13H,2-4,6-7H2,1H3,(H,14,15,16)/t9-/m0/s1. The summed E-state index contributed by atoms with van der Waals surface area (Å²) in [5.74, 6) is 1.30. The number of nitrogens with one attached hydrogen (secondary N) is 2. The first-order chi connectivity index (χ1) is 7.74. The molecular weight excluding hydrogens is 224 g/mol. The normalized spacial score (nSPS) is 20.8. The zero-order chi connectivity index (χ0) is 11.4. The van der Waals surface area contributed by atoms with Crippen LogP contribution in [0.4, 0.5) is 5.95 Å². The molecule has 1 aliphatic rings. The minimum absolute atomic E-state index is 0.497. The van der Waals surface area contributed by atoms with Crippen LogP contribution < -0.4 is 10.6 Å². The topological polar surface area (TPSA) is 49.8 Å². The highest BCUT2D eigenvalue weighted by atomic mass is 35.5. The van der Waals surface area contributed by atoms with Crippen molar-refractivity contribution < 1.29 is 0 Å². The third-order valence-electron chi connectivity index (χ3n) is 2.77. The number of aromatic nitrogens is 2. The number of rotatable bonds is 3. The van der Waals surface area contributed by atoms with E-state index in [0.717, 1.165) is 25.3 Å². The van der Waals surface area contributed by atoms with Crippen molar-refractivity contribution in [2.24, 2.45) is 5.92 Å². The summed E-state index contributed by atoms with van der Waals surface area (Å²) in [5, 5.41) is 7.13. The highest BCUT2D eigenvalue weighted by Gasteiger charge is 2.12. The van der Waals surface area contributed by atoms with E-state index in [1.54, 1.807) is 6.07 Å². The molecule has 1 aliphatic heterocycles. The molecule has 0 aliphatic carbocycles. The molecule has 1 aromatic heterocycles. The molecule has 2 heterocycles. The third kappa shape index (κ3) is 3.32. The van der Waals surface area contributed by atoms with Gasteiger partial charge in [-0.15, -0.1) is 0 Å². The van der Waals surface area contributed by atoms with Crippen molar-refractivity contribution in [3.05, 3.63) is 16.9 Å². The minimum atomic E-state index is 0.497. The first kappa shape index (κ1) is 11.6. The Morgan fingerprint density at radius 3 is 3.12 bits per heavy atom. The molecule has 1 fully saturated rings. The number of piperidine rings is 1. The summed E-state index contributed by atoms with van der Waals surface area (Å²) in [6.45, 7) is 5.05. The molecule has 5 heteroatoms. The van der Waals surface area contributed by atoms with Gasteiger partial charge in [-0.2, -0.15) is 0 Å². The van der Waals surface area contributed by atoms with Crippen molar-refractivity contribution >= 4 is 17.5 Å². The molecule has 1 aromatic rings. The van der Waals surface area contributed by atoms with Gasteiger partial charge in [0.05, 0.1) is 0 Å². The summed E-state index contributed by atoms with van der Waals surface area (Å²) in [6.07, 6.45) is 2.52. The highest BCUT2D eigenvalue weighted by molar-refractivity contribution is 6.29. The van der Waals surface area contributed by atoms with Crippen LogP contribution in [0.3, 0.4) is 0 Å². The molecule has 88 valence electrons. The lowest BCUT2D eigenvalue weighted by Gasteiger charge is -2.22. The Kier molecular flexibility index (Phi) is 3.96.